The Morgan fingerprint density at radius 1 is 0.909 bits per heavy atom. The highest BCUT2D eigenvalue weighted by Crippen LogP contribution is 2.25. The average Bonchev–Trinajstić information content (AvgIpc) is 2.53. The van der Waals surface area contributed by atoms with Crippen molar-refractivity contribution >= 4 is 11.6 Å². The summed E-state index contributed by atoms with van der Waals surface area (Å²) in [5.41, 5.74) is 1.52. The van der Waals surface area contributed by atoms with E-state index in [9.17, 15) is 4.79 Å². The Balaban J connectivity index is 1.81. The van der Waals surface area contributed by atoms with Gasteiger partial charge in [-0.1, -0.05) is 11.6 Å². The standard InChI is InChI=1S/C17H13ClN2O2/c1-20-17(21)11-10-16(19-20)12-2-6-14(7-3-12)22-15-8-4-13(18)5-9-15/h2-11H,1H3. The first-order chi connectivity index (χ1) is 10.6. The molecule has 2 aromatic carbocycles. The van der Waals surface area contributed by atoms with Crippen LogP contribution in [0.15, 0.2) is 65.5 Å². The molecule has 0 unspecified atom stereocenters. The predicted molar refractivity (Wildman–Crippen MR) is 86.4 cm³/mol. The van der Waals surface area contributed by atoms with E-state index in [1.807, 2.05) is 36.4 Å². The molecule has 0 radical (unpaired) electrons. The molecule has 110 valence electrons. The van der Waals surface area contributed by atoms with E-state index < -0.39 is 0 Å². The van der Waals surface area contributed by atoms with Crippen molar-refractivity contribution in [3.8, 4) is 22.8 Å². The lowest BCUT2D eigenvalue weighted by atomic mass is 10.1. The normalized spacial score (nSPS) is 10.5. The predicted octanol–water partition coefficient (Wildman–Crippen LogP) is 3.89. The molecule has 0 spiro atoms. The van der Waals surface area contributed by atoms with Gasteiger partial charge < -0.3 is 4.74 Å². The Kier molecular flexibility index (Phi) is 3.94. The van der Waals surface area contributed by atoms with Crippen LogP contribution in [-0.4, -0.2) is 9.78 Å². The fourth-order valence-electron chi connectivity index (χ4n) is 1.99. The van der Waals surface area contributed by atoms with E-state index in [-0.39, 0.29) is 5.56 Å². The van der Waals surface area contributed by atoms with Gasteiger partial charge >= 0.3 is 0 Å². The number of aryl methyl sites for hydroxylation is 1. The van der Waals surface area contributed by atoms with Gasteiger partial charge in [0.25, 0.3) is 5.56 Å². The molecule has 0 atom stereocenters. The maximum atomic E-state index is 11.4. The van der Waals surface area contributed by atoms with Crippen molar-refractivity contribution in [1.29, 1.82) is 0 Å². The molecule has 0 bridgehead atoms. The maximum Gasteiger partial charge on any atom is 0.266 e. The van der Waals surface area contributed by atoms with Gasteiger partial charge in [-0.15, -0.1) is 0 Å². The SMILES string of the molecule is Cn1nc(-c2ccc(Oc3ccc(Cl)cc3)cc2)ccc1=O. The number of benzene rings is 2. The number of hydrogen-bond acceptors (Lipinski definition) is 3. The molecule has 0 N–H and O–H groups in total. The van der Waals surface area contributed by atoms with Crippen LogP contribution in [0.3, 0.4) is 0 Å². The summed E-state index contributed by atoms with van der Waals surface area (Å²) < 4.78 is 7.05. The second-order valence-electron chi connectivity index (χ2n) is 4.76. The molecule has 3 aromatic rings. The molecule has 1 aromatic heterocycles. The van der Waals surface area contributed by atoms with Crippen molar-refractivity contribution in [2.24, 2.45) is 7.05 Å². The molecule has 5 heteroatoms. The number of ether oxygens (including phenoxy) is 1. The summed E-state index contributed by atoms with van der Waals surface area (Å²) >= 11 is 5.84. The molecule has 1 heterocycles. The largest absolute Gasteiger partial charge is 0.457 e. The average molecular weight is 313 g/mol. The Morgan fingerprint density at radius 2 is 1.50 bits per heavy atom. The summed E-state index contributed by atoms with van der Waals surface area (Å²) in [5, 5.41) is 4.88. The fraction of sp³-hybridized carbons (Fsp3) is 0.0588. The molecule has 4 nitrogen and oxygen atoms in total. The van der Waals surface area contributed by atoms with E-state index in [2.05, 4.69) is 5.10 Å². The summed E-state index contributed by atoms with van der Waals surface area (Å²) in [6, 6.07) is 17.9. The lowest BCUT2D eigenvalue weighted by Crippen LogP contribution is -2.18. The Labute approximate surface area is 132 Å². The molecule has 0 fully saturated rings. The Bertz CT molecular complexity index is 840. The van der Waals surface area contributed by atoms with Crippen LogP contribution in [0.2, 0.25) is 5.02 Å². The highest BCUT2D eigenvalue weighted by Gasteiger charge is 2.03. The van der Waals surface area contributed by atoms with Crippen LogP contribution in [0.4, 0.5) is 0 Å². The zero-order valence-electron chi connectivity index (χ0n) is 11.9. The fourth-order valence-corrected chi connectivity index (χ4v) is 2.11. The lowest BCUT2D eigenvalue weighted by Gasteiger charge is -2.07. The molecular formula is C17H13ClN2O2. The summed E-state index contributed by atoms with van der Waals surface area (Å²) in [6.07, 6.45) is 0. The van der Waals surface area contributed by atoms with E-state index in [0.29, 0.717) is 5.02 Å². The zero-order valence-corrected chi connectivity index (χ0v) is 12.6. The molecule has 0 saturated heterocycles. The van der Waals surface area contributed by atoms with Gasteiger partial charge in [-0.3, -0.25) is 4.79 Å². The first-order valence-electron chi connectivity index (χ1n) is 6.70. The topological polar surface area (TPSA) is 44.1 Å². The van der Waals surface area contributed by atoms with Crippen molar-refractivity contribution in [2.75, 3.05) is 0 Å². The molecule has 0 saturated carbocycles. The van der Waals surface area contributed by atoms with Crippen molar-refractivity contribution < 1.29 is 4.74 Å². The first kappa shape index (κ1) is 14.4. The molecular weight excluding hydrogens is 300 g/mol. The van der Waals surface area contributed by atoms with Gasteiger partial charge in [0.1, 0.15) is 11.5 Å². The van der Waals surface area contributed by atoms with Crippen LogP contribution in [0.1, 0.15) is 0 Å². The third-order valence-electron chi connectivity index (χ3n) is 3.16. The molecule has 0 amide bonds. The van der Waals surface area contributed by atoms with Gasteiger partial charge in [0.2, 0.25) is 0 Å². The van der Waals surface area contributed by atoms with Crippen molar-refractivity contribution in [1.82, 2.24) is 9.78 Å². The molecule has 0 aliphatic rings. The first-order valence-corrected chi connectivity index (χ1v) is 7.08. The monoisotopic (exact) mass is 312 g/mol. The Morgan fingerprint density at radius 3 is 2.09 bits per heavy atom. The number of rotatable bonds is 3. The Hall–Kier alpha value is -2.59. The number of halogens is 1. The van der Waals surface area contributed by atoms with Crippen molar-refractivity contribution in [3.63, 3.8) is 0 Å². The van der Waals surface area contributed by atoms with E-state index >= 15 is 0 Å². The van der Waals surface area contributed by atoms with Crippen molar-refractivity contribution in [2.45, 2.75) is 0 Å². The number of nitrogens with zero attached hydrogens (tertiary/aromatic N) is 2. The van der Waals surface area contributed by atoms with E-state index in [0.717, 1.165) is 22.8 Å². The summed E-state index contributed by atoms with van der Waals surface area (Å²) in [7, 11) is 1.63. The van der Waals surface area contributed by atoms with Gasteiger partial charge in [-0.25, -0.2) is 4.68 Å². The third kappa shape index (κ3) is 3.18. The minimum absolute atomic E-state index is 0.133. The molecule has 0 aliphatic carbocycles. The summed E-state index contributed by atoms with van der Waals surface area (Å²) in [4.78, 5) is 11.4. The highest BCUT2D eigenvalue weighted by molar-refractivity contribution is 6.30. The van der Waals surface area contributed by atoms with E-state index in [1.165, 1.54) is 10.7 Å². The number of aromatic nitrogens is 2. The smallest absolute Gasteiger partial charge is 0.266 e. The van der Waals surface area contributed by atoms with Gasteiger partial charge in [-0.05, 0) is 54.6 Å². The lowest BCUT2D eigenvalue weighted by molar-refractivity contribution is 0.483. The third-order valence-corrected chi connectivity index (χ3v) is 3.41. The second-order valence-corrected chi connectivity index (χ2v) is 5.20. The summed E-state index contributed by atoms with van der Waals surface area (Å²) in [6.45, 7) is 0. The van der Waals surface area contributed by atoms with Gasteiger partial charge in [0, 0.05) is 23.7 Å². The molecule has 3 rings (SSSR count). The van der Waals surface area contributed by atoms with Crippen LogP contribution in [0.25, 0.3) is 11.3 Å². The molecule has 22 heavy (non-hydrogen) atoms. The maximum absolute atomic E-state index is 11.4. The van der Waals surface area contributed by atoms with Crippen LogP contribution < -0.4 is 10.3 Å². The van der Waals surface area contributed by atoms with Crippen molar-refractivity contribution in [3.05, 3.63) is 76.0 Å². The number of hydrogen-bond donors (Lipinski definition) is 0. The van der Waals surface area contributed by atoms with Gasteiger partial charge in [0.15, 0.2) is 0 Å². The molecule has 0 aliphatic heterocycles. The van der Waals surface area contributed by atoms with Crippen LogP contribution in [0.5, 0.6) is 11.5 Å². The quantitative estimate of drug-likeness (QED) is 0.737. The van der Waals surface area contributed by atoms with Gasteiger partial charge in [0.05, 0.1) is 5.69 Å². The zero-order chi connectivity index (χ0) is 15.5. The van der Waals surface area contributed by atoms with E-state index in [1.54, 1.807) is 25.2 Å². The highest BCUT2D eigenvalue weighted by atomic mass is 35.5. The minimum atomic E-state index is -0.133. The van der Waals surface area contributed by atoms with Crippen LogP contribution >= 0.6 is 11.6 Å². The van der Waals surface area contributed by atoms with Crippen LogP contribution in [-0.2, 0) is 7.05 Å². The summed E-state index contributed by atoms with van der Waals surface area (Å²) in [5.74, 6) is 1.44. The second kappa shape index (κ2) is 6.03. The van der Waals surface area contributed by atoms with Crippen LogP contribution in [0, 0.1) is 0 Å². The van der Waals surface area contributed by atoms with Gasteiger partial charge in [-0.2, -0.15) is 5.10 Å². The van der Waals surface area contributed by atoms with E-state index in [4.69, 9.17) is 16.3 Å². The minimum Gasteiger partial charge on any atom is -0.457 e.